The Hall–Kier alpha value is -1.54. The van der Waals surface area contributed by atoms with E-state index in [0.717, 1.165) is 5.75 Å². The second-order valence-electron chi connectivity index (χ2n) is 5.25. The van der Waals surface area contributed by atoms with Crippen LogP contribution in [0.5, 0.6) is 5.75 Å². The molecule has 0 radical (unpaired) electrons. The summed E-state index contributed by atoms with van der Waals surface area (Å²) < 4.78 is 5.49. The fourth-order valence-electron chi connectivity index (χ4n) is 3.15. The normalized spacial score (nSPS) is 12.8. The van der Waals surface area contributed by atoms with Crippen molar-refractivity contribution >= 4 is 10.8 Å². The molecular formula is C18H25NO. The van der Waals surface area contributed by atoms with Crippen molar-refractivity contribution in [3.63, 3.8) is 0 Å². The SMILES string of the molecule is CCC(CC)C(NC)c1ccc(OC)c2ccccc12. The number of rotatable bonds is 6. The molecule has 0 aliphatic heterocycles. The number of hydrogen-bond acceptors (Lipinski definition) is 2. The van der Waals surface area contributed by atoms with Crippen LogP contribution in [-0.2, 0) is 0 Å². The molecule has 0 amide bonds. The van der Waals surface area contributed by atoms with Crippen LogP contribution < -0.4 is 10.1 Å². The Bertz CT molecular complexity index is 560. The van der Waals surface area contributed by atoms with Crippen molar-refractivity contribution in [1.29, 1.82) is 0 Å². The standard InChI is InChI=1S/C18H25NO/c1-5-13(6-2)18(19-3)16-11-12-17(20-4)15-10-8-7-9-14(15)16/h7-13,18-19H,5-6H2,1-4H3. The van der Waals surface area contributed by atoms with Crippen molar-refractivity contribution in [3.05, 3.63) is 42.0 Å². The highest BCUT2D eigenvalue weighted by molar-refractivity contribution is 5.91. The first-order chi connectivity index (χ1) is 9.76. The Morgan fingerprint density at radius 1 is 1.00 bits per heavy atom. The lowest BCUT2D eigenvalue weighted by Gasteiger charge is -2.27. The Balaban J connectivity index is 2.59. The number of ether oxygens (including phenoxy) is 1. The van der Waals surface area contributed by atoms with Crippen molar-refractivity contribution in [2.24, 2.45) is 5.92 Å². The summed E-state index contributed by atoms with van der Waals surface area (Å²) >= 11 is 0. The van der Waals surface area contributed by atoms with E-state index in [2.05, 4.69) is 62.6 Å². The lowest BCUT2D eigenvalue weighted by molar-refractivity contribution is 0.361. The molecule has 108 valence electrons. The first-order valence-corrected chi connectivity index (χ1v) is 7.49. The highest BCUT2D eigenvalue weighted by atomic mass is 16.5. The molecule has 1 atom stereocenters. The third-order valence-electron chi connectivity index (χ3n) is 4.30. The predicted molar refractivity (Wildman–Crippen MR) is 86.4 cm³/mol. The summed E-state index contributed by atoms with van der Waals surface area (Å²) in [5.41, 5.74) is 1.37. The van der Waals surface area contributed by atoms with Gasteiger partial charge in [0.2, 0.25) is 0 Å². The highest BCUT2D eigenvalue weighted by Gasteiger charge is 2.21. The second kappa shape index (κ2) is 6.76. The minimum Gasteiger partial charge on any atom is -0.496 e. The summed E-state index contributed by atoms with van der Waals surface area (Å²) in [7, 11) is 3.79. The van der Waals surface area contributed by atoms with Gasteiger partial charge in [-0.1, -0.05) is 57.0 Å². The minimum atomic E-state index is 0.390. The van der Waals surface area contributed by atoms with E-state index in [0.29, 0.717) is 12.0 Å². The van der Waals surface area contributed by atoms with Gasteiger partial charge < -0.3 is 10.1 Å². The number of benzene rings is 2. The molecule has 0 aliphatic carbocycles. The topological polar surface area (TPSA) is 21.3 Å². The van der Waals surface area contributed by atoms with Crippen LogP contribution in [-0.4, -0.2) is 14.2 Å². The Labute approximate surface area is 122 Å². The maximum Gasteiger partial charge on any atom is 0.126 e. The quantitative estimate of drug-likeness (QED) is 0.832. The molecule has 0 aromatic heterocycles. The van der Waals surface area contributed by atoms with Crippen LogP contribution in [0, 0.1) is 5.92 Å². The van der Waals surface area contributed by atoms with Crippen molar-refractivity contribution < 1.29 is 4.74 Å². The number of nitrogens with one attached hydrogen (secondary N) is 1. The molecule has 2 nitrogen and oxygen atoms in total. The van der Waals surface area contributed by atoms with Crippen molar-refractivity contribution in [2.75, 3.05) is 14.2 Å². The van der Waals surface area contributed by atoms with Crippen molar-refractivity contribution in [3.8, 4) is 5.75 Å². The van der Waals surface area contributed by atoms with Crippen LogP contribution in [0.15, 0.2) is 36.4 Å². The van der Waals surface area contributed by atoms with E-state index in [4.69, 9.17) is 4.74 Å². The molecule has 2 heteroatoms. The summed E-state index contributed by atoms with van der Waals surface area (Å²) in [5.74, 6) is 1.60. The molecule has 2 aromatic rings. The molecule has 0 bridgehead atoms. The molecule has 0 fully saturated rings. The van der Waals surface area contributed by atoms with Crippen LogP contribution in [0.25, 0.3) is 10.8 Å². The average molecular weight is 271 g/mol. The zero-order valence-electron chi connectivity index (χ0n) is 12.9. The van der Waals surface area contributed by atoms with Gasteiger partial charge in [0.25, 0.3) is 0 Å². The van der Waals surface area contributed by atoms with E-state index >= 15 is 0 Å². The van der Waals surface area contributed by atoms with Gasteiger partial charge in [-0.15, -0.1) is 0 Å². The third kappa shape index (κ3) is 2.66. The molecule has 0 heterocycles. The molecule has 1 N–H and O–H groups in total. The lowest BCUT2D eigenvalue weighted by atomic mass is 9.86. The Kier molecular flexibility index (Phi) is 5.02. The van der Waals surface area contributed by atoms with E-state index in [-0.39, 0.29) is 0 Å². The monoisotopic (exact) mass is 271 g/mol. The average Bonchev–Trinajstić information content (AvgIpc) is 2.51. The molecule has 0 saturated heterocycles. The number of fused-ring (bicyclic) bond motifs is 1. The molecular weight excluding hydrogens is 246 g/mol. The molecule has 2 aromatic carbocycles. The Morgan fingerprint density at radius 3 is 2.20 bits per heavy atom. The first-order valence-electron chi connectivity index (χ1n) is 7.49. The third-order valence-corrected chi connectivity index (χ3v) is 4.30. The van der Waals surface area contributed by atoms with Gasteiger partial charge in [0.15, 0.2) is 0 Å². The van der Waals surface area contributed by atoms with E-state index in [1.807, 2.05) is 0 Å². The Morgan fingerprint density at radius 2 is 1.65 bits per heavy atom. The van der Waals surface area contributed by atoms with Gasteiger partial charge in [-0.25, -0.2) is 0 Å². The molecule has 0 saturated carbocycles. The minimum absolute atomic E-state index is 0.390. The summed E-state index contributed by atoms with van der Waals surface area (Å²) in [6.45, 7) is 4.54. The number of methoxy groups -OCH3 is 1. The van der Waals surface area contributed by atoms with Crippen LogP contribution in [0.4, 0.5) is 0 Å². The van der Waals surface area contributed by atoms with Gasteiger partial charge in [0.05, 0.1) is 7.11 Å². The number of hydrogen-bond donors (Lipinski definition) is 1. The van der Waals surface area contributed by atoms with Gasteiger partial charge in [-0.3, -0.25) is 0 Å². The van der Waals surface area contributed by atoms with Crippen molar-refractivity contribution in [2.45, 2.75) is 32.7 Å². The summed E-state index contributed by atoms with van der Waals surface area (Å²) in [6.07, 6.45) is 2.37. The second-order valence-corrected chi connectivity index (χ2v) is 5.25. The molecule has 20 heavy (non-hydrogen) atoms. The molecule has 0 aliphatic rings. The maximum absolute atomic E-state index is 5.49. The van der Waals surface area contributed by atoms with E-state index < -0.39 is 0 Å². The van der Waals surface area contributed by atoms with Gasteiger partial charge in [-0.05, 0) is 30.0 Å². The van der Waals surface area contributed by atoms with Crippen molar-refractivity contribution in [1.82, 2.24) is 5.32 Å². The van der Waals surface area contributed by atoms with Crippen LogP contribution >= 0.6 is 0 Å². The van der Waals surface area contributed by atoms with Gasteiger partial charge >= 0.3 is 0 Å². The van der Waals surface area contributed by atoms with Crippen LogP contribution in [0.2, 0.25) is 0 Å². The van der Waals surface area contributed by atoms with E-state index in [1.54, 1.807) is 7.11 Å². The smallest absolute Gasteiger partial charge is 0.126 e. The zero-order valence-corrected chi connectivity index (χ0v) is 12.9. The molecule has 2 rings (SSSR count). The predicted octanol–water partition coefficient (Wildman–Crippen LogP) is 4.55. The summed E-state index contributed by atoms with van der Waals surface area (Å²) in [5, 5.41) is 5.99. The van der Waals surface area contributed by atoms with Crippen LogP contribution in [0.1, 0.15) is 38.3 Å². The van der Waals surface area contributed by atoms with Gasteiger partial charge in [-0.2, -0.15) is 0 Å². The molecule has 1 unspecified atom stereocenters. The van der Waals surface area contributed by atoms with Gasteiger partial charge in [0.1, 0.15) is 5.75 Å². The first kappa shape index (κ1) is 14.9. The maximum atomic E-state index is 5.49. The zero-order chi connectivity index (χ0) is 14.5. The van der Waals surface area contributed by atoms with E-state index in [9.17, 15) is 0 Å². The van der Waals surface area contributed by atoms with Crippen LogP contribution in [0.3, 0.4) is 0 Å². The fraction of sp³-hybridized carbons (Fsp3) is 0.444. The van der Waals surface area contributed by atoms with Gasteiger partial charge in [0, 0.05) is 11.4 Å². The lowest BCUT2D eigenvalue weighted by Crippen LogP contribution is -2.24. The summed E-state index contributed by atoms with van der Waals surface area (Å²) in [6, 6.07) is 13.2. The largest absolute Gasteiger partial charge is 0.496 e. The highest BCUT2D eigenvalue weighted by Crippen LogP contribution is 2.35. The fourth-order valence-corrected chi connectivity index (χ4v) is 3.15. The summed E-state index contributed by atoms with van der Waals surface area (Å²) in [4.78, 5) is 0. The van der Waals surface area contributed by atoms with E-state index in [1.165, 1.54) is 29.2 Å². The molecule has 0 spiro atoms.